The van der Waals surface area contributed by atoms with Crippen LogP contribution >= 0.6 is 0 Å². The predicted molar refractivity (Wildman–Crippen MR) is 122 cm³/mol. The molecule has 1 fully saturated rings. The smallest absolute Gasteiger partial charge is 0.247 e. The third kappa shape index (κ3) is 6.38. The summed E-state index contributed by atoms with van der Waals surface area (Å²) in [6.07, 6.45) is 1.44. The summed E-state index contributed by atoms with van der Waals surface area (Å²) in [4.78, 5) is 17.1. The molecule has 2 aromatic carbocycles. The minimum atomic E-state index is -0.951. The standard InChI is InChI=1S/C25H35N3O2/c1-24(2,3)14-15-25(28(29)30)20-26(18-22-10-6-4-7-11-22)16-17-27(21-25)19-23-12-8-5-9-13-23/h4-13H,14-21H2,1-3H3. The highest BCUT2D eigenvalue weighted by atomic mass is 16.6. The maximum absolute atomic E-state index is 12.5. The quantitative estimate of drug-likeness (QED) is 0.485. The zero-order valence-corrected chi connectivity index (χ0v) is 18.6. The Bertz CT molecular complexity index is 751. The first-order valence-electron chi connectivity index (χ1n) is 10.9. The number of rotatable bonds is 7. The fourth-order valence-corrected chi connectivity index (χ4v) is 4.25. The molecule has 1 aliphatic heterocycles. The fraction of sp³-hybridized carbons (Fsp3) is 0.520. The van der Waals surface area contributed by atoms with Gasteiger partial charge in [0, 0.05) is 37.5 Å². The van der Waals surface area contributed by atoms with E-state index in [1.54, 1.807) is 0 Å². The van der Waals surface area contributed by atoms with Gasteiger partial charge in [-0.15, -0.1) is 0 Å². The zero-order chi connectivity index (χ0) is 21.6. The van der Waals surface area contributed by atoms with Crippen molar-refractivity contribution in [2.24, 2.45) is 5.41 Å². The van der Waals surface area contributed by atoms with Crippen LogP contribution in [0.5, 0.6) is 0 Å². The van der Waals surface area contributed by atoms with E-state index in [1.165, 1.54) is 11.1 Å². The summed E-state index contributed by atoms with van der Waals surface area (Å²) in [5, 5.41) is 12.5. The molecule has 162 valence electrons. The van der Waals surface area contributed by atoms with E-state index < -0.39 is 5.54 Å². The fourth-order valence-electron chi connectivity index (χ4n) is 4.25. The Balaban J connectivity index is 1.84. The van der Waals surface area contributed by atoms with E-state index in [0.717, 1.165) is 32.6 Å². The first-order chi connectivity index (χ1) is 14.3. The van der Waals surface area contributed by atoms with E-state index in [-0.39, 0.29) is 10.3 Å². The lowest BCUT2D eigenvalue weighted by Gasteiger charge is -2.32. The summed E-state index contributed by atoms with van der Waals surface area (Å²) in [6.45, 7) is 10.7. The highest BCUT2D eigenvalue weighted by Gasteiger charge is 2.47. The summed E-state index contributed by atoms with van der Waals surface area (Å²) in [5.74, 6) is 0. The average molecular weight is 410 g/mol. The van der Waals surface area contributed by atoms with Gasteiger partial charge >= 0.3 is 0 Å². The Labute approximate surface area is 180 Å². The molecule has 0 unspecified atom stereocenters. The largest absolute Gasteiger partial charge is 0.291 e. The SMILES string of the molecule is CC(C)(C)CCC1([N+](=O)[O-])CN(Cc2ccccc2)CCN(Cc2ccccc2)C1. The Hall–Kier alpha value is -2.24. The molecule has 0 radical (unpaired) electrons. The molecule has 30 heavy (non-hydrogen) atoms. The lowest BCUT2D eigenvalue weighted by molar-refractivity contribution is -0.572. The van der Waals surface area contributed by atoms with Crippen molar-refractivity contribution in [2.75, 3.05) is 26.2 Å². The van der Waals surface area contributed by atoms with Gasteiger partial charge in [0.25, 0.3) is 0 Å². The predicted octanol–water partition coefficient (Wildman–Crippen LogP) is 4.85. The van der Waals surface area contributed by atoms with Crippen molar-refractivity contribution < 1.29 is 4.92 Å². The molecule has 0 amide bonds. The van der Waals surface area contributed by atoms with Gasteiger partial charge in [-0.05, 0) is 23.0 Å². The topological polar surface area (TPSA) is 49.6 Å². The molecule has 0 saturated carbocycles. The van der Waals surface area contributed by atoms with Crippen molar-refractivity contribution in [2.45, 2.75) is 52.2 Å². The van der Waals surface area contributed by atoms with Crippen molar-refractivity contribution >= 4 is 0 Å². The summed E-state index contributed by atoms with van der Waals surface area (Å²) in [5.41, 5.74) is 1.54. The van der Waals surface area contributed by atoms with E-state index in [2.05, 4.69) is 54.8 Å². The molecule has 5 nitrogen and oxygen atoms in total. The van der Waals surface area contributed by atoms with Gasteiger partial charge in [0.05, 0.1) is 13.1 Å². The monoisotopic (exact) mass is 409 g/mol. The molecular weight excluding hydrogens is 374 g/mol. The minimum Gasteiger partial charge on any atom is -0.291 e. The van der Waals surface area contributed by atoms with Crippen LogP contribution in [0.1, 0.15) is 44.7 Å². The van der Waals surface area contributed by atoms with E-state index in [0.29, 0.717) is 19.5 Å². The summed E-state index contributed by atoms with van der Waals surface area (Å²) >= 11 is 0. The molecule has 0 bridgehead atoms. The first-order valence-corrected chi connectivity index (χ1v) is 10.9. The third-order valence-corrected chi connectivity index (χ3v) is 5.99. The van der Waals surface area contributed by atoms with E-state index in [4.69, 9.17) is 0 Å². The maximum atomic E-state index is 12.5. The zero-order valence-electron chi connectivity index (χ0n) is 18.6. The second kappa shape index (κ2) is 9.71. The van der Waals surface area contributed by atoms with Crippen LogP contribution in [0.4, 0.5) is 0 Å². The number of hydrogen-bond acceptors (Lipinski definition) is 4. The van der Waals surface area contributed by atoms with Crippen molar-refractivity contribution in [1.82, 2.24) is 9.80 Å². The molecule has 2 aromatic rings. The Morgan fingerprint density at radius 1 is 0.867 bits per heavy atom. The highest BCUT2D eigenvalue weighted by Crippen LogP contribution is 2.31. The highest BCUT2D eigenvalue weighted by molar-refractivity contribution is 5.16. The summed E-state index contributed by atoms with van der Waals surface area (Å²) in [7, 11) is 0. The van der Waals surface area contributed by atoms with Crippen molar-refractivity contribution in [1.29, 1.82) is 0 Å². The van der Waals surface area contributed by atoms with Crippen LogP contribution in [-0.2, 0) is 13.1 Å². The van der Waals surface area contributed by atoms with Gasteiger partial charge < -0.3 is 0 Å². The molecular formula is C25H35N3O2. The van der Waals surface area contributed by atoms with Gasteiger partial charge in [-0.2, -0.15) is 0 Å². The number of nitrogens with zero attached hydrogens (tertiary/aromatic N) is 3. The molecule has 0 aromatic heterocycles. The maximum Gasteiger partial charge on any atom is 0.247 e. The Kier molecular flexibility index (Phi) is 7.27. The second-order valence-electron chi connectivity index (χ2n) is 9.93. The van der Waals surface area contributed by atoms with Gasteiger partial charge in [-0.3, -0.25) is 19.9 Å². The molecule has 0 spiro atoms. The third-order valence-electron chi connectivity index (χ3n) is 5.99. The molecule has 0 N–H and O–H groups in total. The van der Waals surface area contributed by atoms with Crippen LogP contribution in [0.3, 0.4) is 0 Å². The second-order valence-corrected chi connectivity index (χ2v) is 9.93. The van der Waals surface area contributed by atoms with Gasteiger partial charge in [-0.25, -0.2) is 0 Å². The van der Waals surface area contributed by atoms with Crippen LogP contribution in [0.2, 0.25) is 0 Å². The molecule has 0 aliphatic carbocycles. The molecule has 1 saturated heterocycles. The molecule has 1 heterocycles. The molecule has 0 atom stereocenters. The molecule has 5 heteroatoms. The Morgan fingerprint density at radius 3 is 1.67 bits per heavy atom. The average Bonchev–Trinajstić information content (AvgIpc) is 2.88. The van der Waals surface area contributed by atoms with Crippen LogP contribution in [0, 0.1) is 15.5 Å². The Morgan fingerprint density at radius 2 is 1.30 bits per heavy atom. The van der Waals surface area contributed by atoms with Gasteiger partial charge in [0.1, 0.15) is 0 Å². The number of benzene rings is 2. The van der Waals surface area contributed by atoms with Crippen LogP contribution in [0.25, 0.3) is 0 Å². The van der Waals surface area contributed by atoms with Crippen molar-refractivity contribution in [3.05, 3.63) is 81.9 Å². The van der Waals surface area contributed by atoms with Crippen LogP contribution < -0.4 is 0 Å². The van der Waals surface area contributed by atoms with Gasteiger partial charge in [-0.1, -0.05) is 81.4 Å². The lowest BCUT2D eigenvalue weighted by Crippen LogP contribution is -2.53. The normalized spacial score (nSPS) is 18.1. The van der Waals surface area contributed by atoms with E-state index in [9.17, 15) is 10.1 Å². The van der Waals surface area contributed by atoms with Crippen molar-refractivity contribution in [3.63, 3.8) is 0 Å². The molecule has 3 rings (SSSR count). The first kappa shape index (κ1) is 22.4. The summed E-state index contributed by atoms with van der Waals surface area (Å²) in [6, 6.07) is 20.6. The summed E-state index contributed by atoms with van der Waals surface area (Å²) < 4.78 is 0. The van der Waals surface area contributed by atoms with Gasteiger partial charge in [0.15, 0.2) is 0 Å². The van der Waals surface area contributed by atoms with E-state index in [1.807, 2.05) is 36.4 Å². The van der Waals surface area contributed by atoms with Crippen LogP contribution in [-0.4, -0.2) is 46.4 Å². The number of nitro groups is 1. The minimum absolute atomic E-state index is 0.0139. The van der Waals surface area contributed by atoms with Gasteiger partial charge in [0.2, 0.25) is 5.54 Å². The van der Waals surface area contributed by atoms with Crippen molar-refractivity contribution in [3.8, 4) is 0 Å². The van der Waals surface area contributed by atoms with E-state index >= 15 is 0 Å². The van der Waals surface area contributed by atoms with Crippen LogP contribution in [0.15, 0.2) is 60.7 Å². The number of hydrogen-bond donors (Lipinski definition) is 0. The lowest BCUT2D eigenvalue weighted by atomic mass is 9.82. The molecule has 1 aliphatic rings.